The number of ether oxygens (including phenoxy) is 1. The second-order valence-electron chi connectivity index (χ2n) is 5.48. The summed E-state index contributed by atoms with van der Waals surface area (Å²) in [6.45, 7) is 7.20. The molecule has 5 nitrogen and oxygen atoms in total. The Balaban J connectivity index is 2.75. The lowest BCUT2D eigenvalue weighted by atomic mass is 10.1. The molecule has 1 heterocycles. The van der Waals surface area contributed by atoms with Gasteiger partial charge in [0, 0.05) is 28.2 Å². The highest BCUT2D eigenvalue weighted by Crippen LogP contribution is 2.29. The van der Waals surface area contributed by atoms with Crippen LogP contribution in [-0.2, 0) is 9.53 Å². The van der Waals surface area contributed by atoms with Crippen molar-refractivity contribution >= 4 is 18.0 Å². The Morgan fingerprint density at radius 1 is 1.17 bits per heavy atom. The number of aliphatic carboxylic acids is 1. The molecule has 0 atom stereocenters. The van der Waals surface area contributed by atoms with Gasteiger partial charge < -0.3 is 14.4 Å². The van der Waals surface area contributed by atoms with Gasteiger partial charge in [0.05, 0.1) is 12.2 Å². The van der Waals surface area contributed by atoms with Gasteiger partial charge in [0.15, 0.2) is 0 Å². The van der Waals surface area contributed by atoms with Crippen LogP contribution in [0.25, 0.3) is 11.8 Å². The predicted molar refractivity (Wildman–Crippen MR) is 92.5 cm³/mol. The first-order valence-electron chi connectivity index (χ1n) is 7.74. The summed E-state index contributed by atoms with van der Waals surface area (Å²) < 4.78 is 7.10. The van der Waals surface area contributed by atoms with Crippen molar-refractivity contribution in [1.29, 1.82) is 0 Å². The summed E-state index contributed by atoms with van der Waals surface area (Å²) in [6.07, 6.45) is 1.52. The molecule has 1 N–H and O–H groups in total. The highest BCUT2D eigenvalue weighted by Gasteiger charge is 2.24. The molecule has 1 aromatic heterocycles. The fraction of sp³-hybridized carbons (Fsp3) is 0.263. The molecule has 0 aliphatic heterocycles. The maximum atomic E-state index is 12.4. The first kappa shape index (κ1) is 17.5. The van der Waals surface area contributed by atoms with Crippen molar-refractivity contribution in [1.82, 2.24) is 4.57 Å². The summed E-state index contributed by atoms with van der Waals surface area (Å²) >= 11 is 0. The van der Waals surface area contributed by atoms with Crippen molar-refractivity contribution in [3.63, 3.8) is 0 Å². The van der Waals surface area contributed by atoms with Crippen molar-refractivity contribution in [2.75, 3.05) is 6.61 Å². The molecule has 0 radical (unpaired) electrons. The SMILES string of the molecule is CCOC(=O)c1c(/C=C(\C)C(=O)O)c(C)n(-c2ccccc2)c1C. The smallest absolute Gasteiger partial charge is 0.340 e. The Morgan fingerprint density at radius 2 is 1.79 bits per heavy atom. The number of hydrogen-bond acceptors (Lipinski definition) is 3. The van der Waals surface area contributed by atoms with Gasteiger partial charge in [0.25, 0.3) is 0 Å². The number of nitrogens with zero attached hydrogens (tertiary/aromatic N) is 1. The topological polar surface area (TPSA) is 68.5 Å². The van der Waals surface area contributed by atoms with E-state index in [4.69, 9.17) is 9.84 Å². The molecule has 0 aliphatic rings. The van der Waals surface area contributed by atoms with E-state index in [9.17, 15) is 9.59 Å². The van der Waals surface area contributed by atoms with Crippen LogP contribution in [0.1, 0.15) is 41.2 Å². The Labute approximate surface area is 141 Å². The number of hydrogen-bond donors (Lipinski definition) is 1. The van der Waals surface area contributed by atoms with E-state index in [0.29, 0.717) is 11.1 Å². The number of aromatic nitrogens is 1. The third-order valence-electron chi connectivity index (χ3n) is 3.88. The van der Waals surface area contributed by atoms with E-state index >= 15 is 0 Å². The average molecular weight is 327 g/mol. The quantitative estimate of drug-likeness (QED) is 0.670. The van der Waals surface area contributed by atoms with Crippen LogP contribution in [0.15, 0.2) is 35.9 Å². The van der Waals surface area contributed by atoms with Gasteiger partial charge in [-0.1, -0.05) is 18.2 Å². The average Bonchev–Trinajstić information content (AvgIpc) is 2.79. The number of esters is 1. The van der Waals surface area contributed by atoms with Gasteiger partial charge in [0.1, 0.15) is 0 Å². The first-order chi connectivity index (χ1) is 11.4. The molecule has 126 valence electrons. The molecule has 5 heteroatoms. The predicted octanol–water partition coefficient (Wildman–Crippen LogP) is 3.76. The number of para-hydroxylation sites is 1. The zero-order chi connectivity index (χ0) is 17.9. The molecule has 0 amide bonds. The third kappa shape index (κ3) is 3.25. The van der Waals surface area contributed by atoms with Crippen LogP contribution in [0.3, 0.4) is 0 Å². The van der Waals surface area contributed by atoms with Crippen LogP contribution in [0.4, 0.5) is 0 Å². The van der Waals surface area contributed by atoms with E-state index in [1.165, 1.54) is 13.0 Å². The zero-order valence-electron chi connectivity index (χ0n) is 14.3. The number of carbonyl (C=O) groups is 2. The minimum Gasteiger partial charge on any atom is -0.478 e. The summed E-state index contributed by atoms with van der Waals surface area (Å²) in [5.74, 6) is -1.47. The summed E-state index contributed by atoms with van der Waals surface area (Å²) in [7, 11) is 0. The van der Waals surface area contributed by atoms with Crippen molar-refractivity contribution in [3.05, 3.63) is 58.4 Å². The normalized spacial score (nSPS) is 11.4. The van der Waals surface area contributed by atoms with Gasteiger partial charge in [-0.2, -0.15) is 0 Å². The van der Waals surface area contributed by atoms with Crippen LogP contribution in [-0.4, -0.2) is 28.2 Å². The Hall–Kier alpha value is -2.82. The van der Waals surface area contributed by atoms with E-state index < -0.39 is 11.9 Å². The number of carboxylic acid groups (broad SMARTS) is 1. The molecule has 1 aromatic carbocycles. The van der Waals surface area contributed by atoms with Crippen LogP contribution < -0.4 is 0 Å². The maximum Gasteiger partial charge on any atom is 0.340 e. The van der Waals surface area contributed by atoms with Crippen molar-refractivity contribution in [2.24, 2.45) is 0 Å². The standard InChI is InChI=1S/C19H21NO4/c1-5-24-19(23)17-14(4)20(15-9-7-6-8-10-15)13(3)16(17)11-12(2)18(21)22/h6-11H,5H2,1-4H3,(H,21,22)/b12-11+. The van der Waals surface area contributed by atoms with Gasteiger partial charge in [-0.3, -0.25) is 0 Å². The lowest BCUT2D eigenvalue weighted by Gasteiger charge is -2.09. The second kappa shape index (κ2) is 7.17. The summed E-state index contributed by atoms with van der Waals surface area (Å²) in [5.41, 5.74) is 3.57. The number of benzene rings is 1. The van der Waals surface area contributed by atoms with Crippen LogP contribution in [0, 0.1) is 13.8 Å². The van der Waals surface area contributed by atoms with Gasteiger partial charge in [-0.15, -0.1) is 0 Å². The Kier molecular flexibility index (Phi) is 5.24. The number of carbonyl (C=O) groups excluding carboxylic acids is 1. The van der Waals surface area contributed by atoms with Crippen LogP contribution in [0.5, 0.6) is 0 Å². The van der Waals surface area contributed by atoms with Crippen molar-refractivity contribution in [2.45, 2.75) is 27.7 Å². The molecule has 0 saturated heterocycles. The summed E-state index contributed by atoms with van der Waals surface area (Å²) in [5, 5.41) is 9.17. The highest BCUT2D eigenvalue weighted by atomic mass is 16.5. The molecule has 0 bridgehead atoms. The molecule has 0 spiro atoms. The lowest BCUT2D eigenvalue weighted by Crippen LogP contribution is -2.08. The minimum atomic E-state index is -1.02. The van der Waals surface area contributed by atoms with Gasteiger partial charge in [0.2, 0.25) is 0 Å². The van der Waals surface area contributed by atoms with E-state index in [1.54, 1.807) is 6.92 Å². The maximum absolute atomic E-state index is 12.4. The lowest BCUT2D eigenvalue weighted by molar-refractivity contribution is -0.132. The fourth-order valence-electron chi connectivity index (χ4n) is 2.74. The molecular formula is C19H21NO4. The largest absolute Gasteiger partial charge is 0.478 e. The zero-order valence-corrected chi connectivity index (χ0v) is 14.3. The first-order valence-corrected chi connectivity index (χ1v) is 7.74. The molecule has 0 unspecified atom stereocenters. The molecule has 2 aromatic rings. The Bertz CT molecular complexity index is 801. The molecule has 0 fully saturated rings. The Morgan fingerprint density at radius 3 is 2.33 bits per heavy atom. The van der Waals surface area contributed by atoms with E-state index in [0.717, 1.165) is 17.1 Å². The van der Waals surface area contributed by atoms with Crippen molar-refractivity contribution < 1.29 is 19.4 Å². The molecule has 0 aliphatic carbocycles. The molecule has 24 heavy (non-hydrogen) atoms. The second-order valence-corrected chi connectivity index (χ2v) is 5.48. The monoisotopic (exact) mass is 327 g/mol. The van der Waals surface area contributed by atoms with Gasteiger partial charge >= 0.3 is 11.9 Å². The van der Waals surface area contributed by atoms with Gasteiger partial charge in [-0.05, 0) is 45.9 Å². The van der Waals surface area contributed by atoms with E-state index in [-0.39, 0.29) is 12.2 Å². The van der Waals surface area contributed by atoms with Crippen LogP contribution in [0.2, 0.25) is 0 Å². The number of rotatable bonds is 5. The van der Waals surface area contributed by atoms with E-state index in [2.05, 4.69) is 0 Å². The molecule has 0 saturated carbocycles. The summed E-state index contributed by atoms with van der Waals surface area (Å²) in [6, 6.07) is 9.62. The van der Waals surface area contributed by atoms with Gasteiger partial charge in [-0.25, -0.2) is 9.59 Å². The van der Waals surface area contributed by atoms with Crippen molar-refractivity contribution in [3.8, 4) is 5.69 Å². The third-order valence-corrected chi connectivity index (χ3v) is 3.88. The number of carboxylic acids is 1. The molecule has 2 rings (SSSR count). The summed E-state index contributed by atoms with van der Waals surface area (Å²) in [4.78, 5) is 23.6. The highest BCUT2D eigenvalue weighted by molar-refractivity contribution is 5.99. The van der Waals surface area contributed by atoms with Crippen LogP contribution >= 0.6 is 0 Å². The minimum absolute atomic E-state index is 0.161. The molecular weight excluding hydrogens is 306 g/mol. The van der Waals surface area contributed by atoms with E-state index in [1.807, 2.05) is 48.7 Å². The fourth-order valence-corrected chi connectivity index (χ4v) is 2.74.